The number of nitrogens with zero attached hydrogens (tertiary/aromatic N) is 4. The highest BCUT2D eigenvalue weighted by atomic mass is 35.5. The Balaban J connectivity index is 0.00000225. The van der Waals surface area contributed by atoms with Crippen molar-refractivity contribution in [1.82, 2.24) is 24.8 Å². The number of aromatic nitrogens is 3. The lowest BCUT2D eigenvalue weighted by atomic mass is 10.1. The van der Waals surface area contributed by atoms with Gasteiger partial charge in [-0.3, -0.25) is 4.79 Å². The lowest BCUT2D eigenvalue weighted by Crippen LogP contribution is -2.49. The Bertz CT molecular complexity index is 940. The van der Waals surface area contributed by atoms with E-state index in [4.69, 9.17) is 4.74 Å². The molecule has 0 spiro atoms. The number of nitrogens with one attached hydrogen (secondary N) is 1. The zero-order valence-electron chi connectivity index (χ0n) is 15.7. The van der Waals surface area contributed by atoms with Gasteiger partial charge in [0.05, 0.1) is 13.3 Å². The van der Waals surface area contributed by atoms with E-state index in [9.17, 15) is 4.79 Å². The molecule has 0 saturated carbocycles. The summed E-state index contributed by atoms with van der Waals surface area (Å²) in [5.74, 6) is 1.68. The molecule has 7 nitrogen and oxygen atoms in total. The molecule has 1 aromatic carbocycles. The first-order valence-electron chi connectivity index (χ1n) is 8.76. The van der Waals surface area contributed by atoms with Gasteiger partial charge >= 0.3 is 0 Å². The molecule has 2 aromatic heterocycles. The number of halogens is 1. The first-order chi connectivity index (χ1) is 13.2. The number of amides is 1. The van der Waals surface area contributed by atoms with E-state index in [-0.39, 0.29) is 24.4 Å². The van der Waals surface area contributed by atoms with Crippen molar-refractivity contribution in [1.29, 1.82) is 0 Å². The summed E-state index contributed by atoms with van der Waals surface area (Å²) in [6.07, 6.45) is 5.34. The number of piperazine rings is 1. The lowest BCUT2D eigenvalue weighted by Gasteiger charge is -2.35. The molecule has 1 atom stereocenters. The Labute approximate surface area is 173 Å². The molecular formula is C19H22ClN5O2S. The lowest BCUT2D eigenvalue weighted by molar-refractivity contribution is 0.0625. The molecule has 1 fully saturated rings. The van der Waals surface area contributed by atoms with Gasteiger partial charge in [-0.1, -0.05) is 0 Å². The highest BCUT2D eigenvalue weighted by Crippen LogP contribution is 2.29. The first-order valence-corrected chi connectivity index (χ1v) is 9.58. The molecule has 9 heteroatoms. The van der Waals surface area contributed by atoms with Gasteiger partial charge in [-0.25, -0.2) is 9.97 Å². The standard InChI is InChI=1S/C19H21N5O2S.ClH/c1-23-9-8-21-17(23)15-11-20-7-10-24(15)19(25)16-12-22-18(27-16)13-3-5-14(26-2)6-4-13;/h3-6,8-9,12,15,20H,7,10-11H2,1-2H3;1H. The zero-order chi connectivity index (χ0) is 18.8. The van der Waals surface area contributed by atoms with Gasteiger partial charge in [-0.15, -0.1) is 23.7 Å². The van der Waals surface area contributed by atoms with E-state index in [1.807, 2.05) is 47.0 Å². The van der Waals surface area contributed by atoms with Crippen molar-refractivity contribution in [2.75, 3.05) is 26.7 Å². The molecule has 1 amide bonds. The van der Waals surface area contributed by atoms with E-state index < -0.39 is 0 Å². The average Bonchev–Trinajstić information content (AvgIpc) is 3.37. The molecule has 3 aromatic rings. The largest absolute Gasteiger partial charge is 0.497 e. The van der Waals surface area contributed by atoms with Crippen LogP contribution in [0.4, 0.5) is 0 Å². The molecule has 1 N–H and O–H groups in total. The molecule has 148 valence electrons. The molecule has 0 bridgehead atoms. The molecule has 3 heterocycles. The molecule has 28 heavy (non-hydrogen) atoms. The molecular weight excluding hydrogens is 398 g/mol. The second-order valence-corrected chi connectivity index (χ2v) is 7.40. The van der Waals surface area contributed by atoms with E-state index in [2.05, 4.69) is 15.3 Å². The van der Waals surface area contributed by atoms with Gasteiger partial charge in [-0.05, 0) is 24.3 Å². The summed E-state index contributed by atoms with van der Waals surface area (Å²) >= 11 is 1.41. The van der Waals surface area contributed by atoms with E-state index in [0.29, 0.717) is 18.0 Å². The Morgan fingerprint density at radius 1 is 1.29 bits per heavy atom. The van der Waals surface area contributed by atoms with Crippen LogP contribution >= 0.6 is 23.7 Å². The van der Waals surface area contributed by atoms with Crippen LogP contribution in [0.1, 0.15) is 21.5 Å². The number of carbonyl (C=O) groups excluding carboxylic acids is 1. The molecule has 1 aliphatic heterocycles. The van der Waals surface area contributed by atoms with Gasteiger partial charge in [0.2, 0.25) is 0 Å². The summed E-state index contributed by atoms with van der Waals surface area (Å²) in [7, 11) is 3.59. The van der Waals surface area contributed by atoms with Crippen molar-refractivity contribution >= 4 is 29.7 Å². The fourth-order valence-electron chi connectivity index (χ4n) is 3.26. The number of thiazole rings is 1. The van der Waals surface area contributed by atoms with Crippen LogP contribution in [-0.2, 0) is 7.05 Å². The zero-order valence-corrected chi connectivity index (χ0v) is 17.3. The second-order valence-electron chi connectivity index (χ2n) is 6.37. The van der Waals surface area contributed by atoms with Crippen molar-refractivity contribution < 1.29 is 9.53 Å². The average molecular weight is 420 g/mol. The highest BCUT2D eigenvalue weighted by molar-refractivity contribution is 7.16. The number of imidazole rings is 1. The fraction of sp³-hybridized carbons (Fsp3) is 0.316. The van der Waals surface area contributed by atoms with Crippen LogP contribution in [0.3, 0.4) is 0 Å². The summed E-state index contributed by atoms with van der Waals surface area (Å²) in [6, 6.07) is 7.61. The smallest absolute Gasteiger partial charge is 0.266 e. The molecule has 1 aliphatic rings. The number of aryl methyl sites for hydroxylation is 1. The van der Waals surface area contributed by atoms with Crippen LogP contribution in [0.25, 0.3) is 10.6 Å². The Morgan fingerprint density at radius 3 is 2.75 bits per heavy atom. The summed E-state index contributed by atoms with van der Waals surface area (Å²) in [5.41, 5.74) is 0.973. The van der Waals surface area contributed by atoms with Crippen LogP contribution < -0.4 is 10.1 Å². The summed E-state index contributed by atoms with van der Waals surface area (Å²) in [5, 5.41) is 4.18. The predicted octanol–water partition coefficient (Wildman–Crippen LogP) is 2.76. The predicted molar refractivity (Wildman–Crippen MR) is 111 cm³/mol. The number of carbonyl (C=O) groups is 1. The first kappa shape index (κ1) is 20.3. The maximum absolute atomic E-state index is 13.2. The highest BCUT2D eigenvalue weighted by Gasteiger charge is 2.32. The Kier molecular flexibility index (Phi) is 6.33. The Hall–Kier alpha value is -2.42. The third-order valence-corrected chi connectivity index (χ3v) is 5.75. The SMILES string of the molecule is COc1ccc(-c2ncc(C(=O)N3CCNCC3c3nccn3C)s2)cc1.Cl. The van der Waals surface area contributed by atoms with Gasteiger partial charge in [0.15, 0.2) is 0 Å². The minimum absolute atomic E-state index is 0. The van der Waals surface area contributed by atoms with Crippen LogP contribution in [0.15, 0.2) is 42.9 Å². The second kappa shape index (κ2) is 8.72. The molecule has 1 saturated heterocycles. The van der Waals surface area contributed by atoms with E-state index in [1.165, 1.54) is 11.3 Å². The van der Waals surface area contributed by atoms with Crippen molar-refractivity contribution in [3.63, 3.8) is 0 Å². The fourth-order valence-corrected chi connectivity index (χ4v) is 4.14. The maximum atomic E-state index is 13.2. The van der Waals surface area contributed by atoms with Crippen molar-refractivity contribution in [2.45, 2.75) is 6.04 Å². The topological polar surface area (TPSA) is 72.3 Å². The van der Waals surface area contributed by atoms with E-state index in [1.54, 1.807) is 19.5 Å². The number of benzene rings is 1. The summed E-state index contributed by atoms with van der Waals surface area (Å²) in [4.78, 5) is 24.6. The van der Waals surface area contributed by atoms with Crippen LogP contribution in [0, 0.1) is 0 Å². The van der Waals surface area contributed by atoms with Crippen LogP contribution in [0.5, 0.6) is 5.75 Å². The van der Waals surface area contributed by atoms with Crippen molar-refractivity contribution in [3.05, 3.63) is 53.6 Å². The molecule has 0 aliphatic carbocycles. The summed E-state index contributed by atoms with van der Waals surface area (Å²) < 4.78 is 7.16. The van der Waals surface area contributed by atoms with Crippen LogP contribution in [-0.4, -0.2) is 52.1 Å². The quantitative estimate of drug-likeness (QED) is 0.704. The summed E-state index contributed by atoms with van der Waals surface area (Å²) in [6.45, 7) is 2.11. The molecule has 1 unspecified atom stereocenters. The number of hydrogen-bond donors (Lipinski definition) is 1. The number of hydrogen-bond acceptors (Lipinski definition) is 6. The Morgan fingerprint density at radius 2 is 2.07 bits per heavy atom. The van der Waals surface area contributed by atoms with Gasteiger partial charge in [0, 0.05) is 44.6 Å². The monoisotopic (exact) mass is 419 g/mol. The van der Waals surface area contributed by atoms with Crippen molar-refractivity contribution in [3.8, 4) is 16.3 Å². The van der Waals surface area contributed by atoms with E-state index >= 15 is 0 Å². The van der Waals surface area contributed by atoms with Crippen molar-refractivity contribution in [2.24, 2.45) is 7.05 Å². The van der Waals surface area contributed by atoms with Gasteiger partial charge in [-0.2, -0.15) is 0 Å². The van der Waals surface area contributed by atoms with Gasteiger partial charge in [0.25, 0.3) is 5.91 Å². The number of methoxy groups -OCH3 is 1. The minimum Gasteiger partial charge on any atom is -0.497 e. The van der Waals surface area contributed by atoms with E-state index in [0.717, 1.165) is 28.7 Å². The number of ether oxygens (including phenoxy) is 1. The number of rotatable bonds is 4. The van der Waals surface area contributed by atoms with Gasteiger partial charge in [0.1, 0.15) is 27.5 Å². The third-order valence-electron chi connectivity index (χ3n) is 4.71. The molecule has 4 rings (SSSR count). The molecule has 0 radical (unpaired) electrons. The maximum Gasteiger partial charge on any atom is 0.266 e. The van der Waals surface area contributed by atoms with Gasteiger partial charge < -0.3 is 19.5 Å². The third kappa shape index (κ3) is 3.89. The van der Waals surface area contributed by atoms with Crippen LogP contribution in [0.2, 0.25) is 0 Å². The normalized spacial score (nSPS) is 16.5. The minimum atomic E-state index is -0.0854.